The van der Waals surface area contributed by atoms with E-state index in [1.54, 1.807) is 24.3 Å². The molecule has 4 aromatic carbocycles. The third-order valence-corrected chi connectivity index (χ3v) is 7.13. The van der Waals surface area contributed by atoms with Crippen LogP contribution in [-0.4, -0.2) is 35.4 Å². The first-order valence-corrected chi connectivity index (χ1v) is 11.6. The molecule has 0 saturated carbocycles. The van der Waals surface area contributed by atoms with Gasteiger partial charge < -0.3 is 5.73 Å². The number of primary amides is 1. The normalized spacial score (nSPS) is 22.3. The van der Waals surface area contributed by atoms with E-state index in [1.165, 1.54) is 9.96 Å². The van der Waals surface area contributed by atoms with Gasteiger partial charge in [0, 0.05) is 10.8 Å². The van der Waals surface area contributed by atoms with E-state index >= 15 is 0 Å². The van der Waals surface area contributed by atoms with Crippen molar-refractivity contribution in [3.8, 4) is 0 Å². The second-order valence-corrected chi connectivity index (χ2v) is 9.08. The summed E-state index contributed by atoms with van der Waals surface area (Å²) in [6.07, 6.45) is -1.07. The average molecular weight is 486 g/mol. The Morgan fingerprint density at radius 2 is 1.37 bits per heavy atom. The zero-order valence-corrected chi connectivity index (χ0v) is 19.2. The number of imide groups is 1. The molecular formula is C27H20ClN3O4. The van der Waals surface area contributed by atoms with Crippen molar-refractivity contribution in [2.24, 2.45) is 11.7 Å². The van der Waals surface area contributed by atoms with Gasteiger partial charge in [0.2, 0.25) is 11.8 Å². The summed E-state index contributed by atoms with van der Waals surface area (Å²) in [7, 11) is 0. The maximum absolute atomic E-state index is 13.8. The van der Waals surface area contributed by atoms with Crippen LogP contribution in [0.2, 0.25) is 5.02 Å². The van der Waals surface area contributed by atoms with E-state index in [0.29, 0.717) is 10.7 Å². The first kappa shape index (κ1) is 21.7. The Morgan fingerprint density at radius 3 is 1.94 bits per heavy atom. The lowest BCUT2D eigenvalue weighted by molar-refractivity contribution is -0.175. The first-order chi connectivity index (χ1) is 17.0. The minimum Gasteiger partial charge on any atom is -0.368 e. The molecule has 2 N–H and O–H groups in total. The molecule has 2 aliphatic rings. The molecule has 3 unspecified atom stereocenters. The third-order valence-electron chi connectivity index (χ3n) is 6.72. The summed E-state index contributed by atoms with van der Waals surface area (Å²) in [5, 5.41) is 5.23. The lowest BCUT2D eigenvalue weighted by Gasteiger charge is -2.28. The molecule has 2 heterocycles. The number of rotatable bonds is 4. The molecule has 2 aliphatic heterocycles. The largest absolute Gasteiger partial charge is 0.368 e. The lowest BCUT2D eigenvalue weighted by atomic mass is 9.84. The van der Waals surface area contributed by atoms with Gasteiger partial charge in [-0.25, -0.2) is 4.90 Å². The Morgan fingerprint density at radius 1 is 0.829 bits per heavy atom. The monoisotopic (exact) mass is 485 g/mol. The van der Waals surface area contributed by atoms with Crippen molar-refractivity contribution in [3.63, 3.8) is 0 Å². The molecule has 0 aliphatic carbocycles. The van der Waals surface area contributed by atoms with Gasteiger partial charge >= 0.3 is 0 Å². The van der Waals surface area contributed by atoms with Crippen molar-refractivity contribution >= 4 is 56.6 Å². The number of hydroxylamine groups is 2. The molecule has 3 atom stereocenters. The lowest BCUT2D eigenvalue weighted by Crippen LogP contribution is -2.40. The van der Waals surface area contributed by atoms with Gasteiger partial charge in [0.05, 0.1) is 22.7 Å². The van der Waals surface area contributed by atoms with Gasteiger partial charge in [0.25, 0.3) is 5.91 Å². The number of hydrogen-bond donors (Lipinski definition) is 1. The second-order valence-electron chi connectivity index (χ2n) is 8.70. The number of nitrogens with zero attached hydrogens (tertiary/aromatic N) is 2. The van der Waals surface area contributed by atoms with Crippen molar-refractivity contribution in [3.05, 3.63) is 89.4 Å². The molecule has 0 aromatic heterocycles. The number of fused-ring (bicyclic) bond motifs is 3. The Kier molecular flexibility index (Phi) is 5.07. The molecule has 2 fully saturated rings. The van der Waals surface area contributed by atoms with Gasteiger partial charge in [-0.15, -0.1) is 0 Å². The molecule has 0 spiro atoms. The van der Waals surface area contributed by atoms with Gasteiger partial charge in [-0.2, -0.15) is 5.06 Å². The summed E-state index contributed by atoms with van der Waals surface area (Å²) in [6, 6.07) is 23.3. The van der Waals surface area contributed by atoms with Crippen LogP contribution in [0, 0.1) is 5.92 Å². The van der Waals surface area contributed by atoms with E-state index < -0.39 is 29.9 Å². The molecule has 7 nitrogen and oxygen atoms in total. The van der Waals surface area contributed by atoms with Crippen molar-refractivity contribution < 1.29 is 19.2 Å². The molecule has 2 saturated heterocycles. The quantitative estimate of drug-likeness (QED) is 0.348. The van der Waals surface area contributed by atoms with Gasteiger partial charge in [0.15, 0.2) is 6.10 Å². The Labute approximate surface area is 205 Å². The molecule has 0 bridgehead atoms. The van der Waals surface area contributed by atoms with Crippen molar-refractivity contribution in [1.82, 2.24) is 5.06 Å². The Balaban J connectivity index is 1.60. The predicted molar refractivity (Wildman–Crippen MR) is 132 cm³/mol. The minimum absolute atomic E-state index is 0.269. The van der Waals surface area contributed by atoms with E-state index in [9.17, 15) is 14.4 Å². The maximum Gasteiger partial charge on any atom is 0.265 e. The zero-order chi connectivity index (χ0) is 24.3. The van der Waals surface area contributed by atoms with Crippen molar-refractivity contribution in [1.29, 1.82) is 0 Å². The fraction of sp³-hybridized carbons (Fsp3) is 0.148. The van der Waals surface area contributed by atoms with Gasteiger partial charge in [-0.05, 0) is 28.5 Å². The van der Waals surface area contributed by atoms with Crippen LogP contribution in [0.1, 0.15) is 11.6 Å². The maximum atomic E-state index is 13.8. The van der Waals surface area contributed by atoms with Crippen molar-refractivity contribution in [2.75, 3.05) is 11.4 Å². The van der Waals surface area contributed by atoms with Gasteiger partial charge in [-0.1, -0.05) is 78.3 Å². The van der Waals surface area contributed by atoms with E-state index in [2.05, 4.69) is 0 Å². The van der Waals surface area contributed by atoms with E-state index in [4.69, 9.17) is 22.2 Å². The first-order valence-electron chi connectivity index (χ1n) is 11.2. The van der Waals surface area contributed by atoms with Gasteiger partial charge in [-0.3, -0.25) is 19.2 Å². The van der Waals surface area contributed by atoms with E-state index in [1.807, 2.05) is 54.6 Å². The SMILES string of the molecule is NC(=O)CN1OC2C(=O)N(c3ccccc3)C(=O)C2C1c1c2ccccc2c(Cl)c2ccccc12. The van der Waals surface area contributed by atoms with Crippen LogP contribution in [0.25, 0.3) is 21.5 Å². The van der Waals surface area contributed by atoms with E-state index in [-0.39, 0.29) is 12.5 Å². The number of carbonyl (C=O) groups is 3. The highest BCUT2D eigenvalue weighted by Gasteiger charge is 2.60. The predicted octanol–water partition coefficient (Wildman–Crippen LogP) is 3.98. The molecule has 4 aromatic rings. The summed E-state index contributed by atoms with van der Waals surface area (Å²) < 4.78 is 0. The number of benzene rings is 4. The summed E-state index contributed by atoms with van der Waals surface area (Å²) in [5.74, 6) is -2.34. The number of amides is 3. The van der Waals surface area contributed by atoms with Gasteiger partial charge in [0.1, 0.15) is 6.54 Å². The third kappa shape index (κ3) is 3.24. The van der Waals surface area contributed by atoms with Crippen LogP contribution in [0.3, 0.4) is 0 Å². The number of para-hydroxylation sites is 1. The van der Waals surface area contributed by atoms with Crippen molar-refractivity contribution in [2.45, 2.75) is 12.1 Å². The minimum atomic E-state index is -1.07. The summed E-state index contributed by atoms with van der Waals surface area (Å²) in [6.45, 7) is -0.269. The van der Waals surface area contributed by atoms with Crippen LogP contribution in [-0.2, 0) is 19.2 Å². The molecule has 35 heavy (non-hydrogen) atoms. The zero-order valence-electron chi connectivity index (χ0n) is 18.4. The molecule has 6 rings (SSSR count). The Hall–Kier alpha value is -3.78. The fourth-order valence-electron chi connectivity index (χ4n) is 5.34. The molecular weight excluding hydrogens is 466 g/mol. The average Bonchev–Trinajstić information content (AvgIpc) is 3.34. The molecule has 0 radical (unpaired) electrons. The van der Waals surface area contributed by atoms with Crippen LogP contribution in [0.15, 0.2) is 78.9 Å². The molecule has 174 valence electrons. The number of halogens is 1. The van der Waals surface area contributed by atoms with Crippen LogP contribution < -0.4 is 10.6 Å². The van der Waals surface area contributed by atoms with Crippen LogP contribution in [0.5, 0.6) is 0 Å². The second kappa shape index (κ2) is 8.16. The summed E-state index contributed by atoms with van der Waals surface area (Å²) in [5.41, 5.74) is 6.79. The van der Waals surface area contributed by atoms with Crippen LogP contribution in [0.4, 0.5) is 5.69 Å². The highest BCUT2D eigenvalue weighted by molar-refractivity contribution is 6.41. The smallest absolute Gasteiger partial charge is 0.265 e. The fourth-order valence-corrected chi connectivity index (χ4v) is 5.67. The number of nitrogens with two attached hydrogens (primary N) is 1. The van der Waals surface area contributed by atoms with Crippen LogP contribution >= 0.6 is 11.6 Å². The highest BCUT2D eigenvalue weighted by atomic mass is 35.5. The molecule has 8 heteroatoms. The number of anilines is 1. The molecule has 3 amide bonds. The standard InChI is InChI=1S/C27H20ClN3O4/c28-23-18-12-6-4-10-16(18)21(17-11-5-7-13-19(17)23)24-22-25(35-30(24)14-20(29)32)27(34)31(26(22)33)15-8-2-1-3-9-15/h1-13,22,24-25H,14H2,(H2,29,32). The number of carbonyl (C=O) groups excluding carboxylic acids is 3. The topological polar surface area (TPSA) is 92.9 Å². The Bertz CT molecular complexity index is 1470. The highest BCUT2D eigenvalue weighted by Crippen LogP contribution is 2.50. The number of hydrogen-bond acceptors (Lipinski definition) is 5. The summed E-state index contributed by atoms with van der Waals surface area (Å²) >= 11 is 6.79. The summed E-state index contributed by atoms with van der Waals surface area (Å²) in [4.78, 5) is 46.4. The van der Waals surface area contributed by atoms with E-state index in [0.717, 1.165) is 27.1 Å².